The van der Waals surface area contributed by atoms with E-state index in [0.29, 0.717) is 68.8 Å². The Morgan fingerprint density at radius 1 is 0.892 bits per heavy atom. The first-order chi connectivity index (χ1) is 17.9. The predicted molar refractivity (Wildman–Crippen MR) is 144 cm³/mol. The molecule has 3 rings (SSSR count). The maximum atomic E-state index is 12.9. The summed E-state index contributed by atoms with van der Waals surface area (Å²) in [6.45, 7) is 9.99. The third-order valence-electron chi connectivity index (χ3n) is 6.10. The molecule has 0 atom stereocenters. The molecule has 37 heavy (non-hydrogen) atoms. The van der Waals surface area contributed by atoms with Gasteiger partial charge in [-0.1, -0.05) is 30.3 Å². The van der Waals surface area contributed by atoms with Crippen molar-refractivity contribution in [1.29, 1.82) is 0 Å². The zero-order valence-corrected chi connectivity index (χ0v) is 22.9. The van der Waals surface area contributed by atoms with Crippen LogP contribution in [0.15, 0.2) is 42.5 Å². The van der Waals surface area contributed by atoms with E-state index in [-0.39, 0.29) is 12.3 Å². The van der Waals surface area contributed by atoms with Crippen molar-refractivity contribution in [1.82, 2.24) is 14.5 Å². The molecular formula is C27H39N3O6S. The summed E-state index contributed by atoms with van der Waals surface area (Å²) in [5.74, 6) is 0.728. The third kappa shape index (κ3) is 8.34. The Bertz CT molecular complexity index is 1080. The Labute approximate surface area is 220 Å². The topological polar surface area (TPSA) is 97.4 Å². The molecule has 0 aromatic heterocycles. The molecule has 2 aromatic rings. The van der Waals surface area contributed by atoms with Gasteiger partial charge in [-0.3, -0.25) is 4.79 Å². The first-order valence-electron chi connectivity index (χ1n) is 13.0. The van der Waals surface area contributed by atoms with Gasteiger partial charge >= 0.3 is 0 Å². The fourth-order valence-corrected chi connectivity index (χ4v) is 5.55. The van der Waals surface area contributed by atoms with Crippen LogP contribution in [0.2, 0.25) is 0 Å². The average molecular weight is 534 g/mol. The van der Waals surface area contributed by atoms with E-state index >= 15 is 0 Å². The molecule has 10 heteroatoms. The number of carbonyl (C=O) groups is 1. The highest BCUT2D eigenvalue weighted by molar-refractivity contribution is 7.89. The molecule has 1 aliphatic heterocycles. The zero-order valence-electron chi connectivity index (χ0n) is 22.1. The number of sulfonamides is 1. The molecule has 1 heterocycles. The molecule has 0 bridgehead atoms. The number of hydrogen-bond donors (Lipinski definition) is 1. The maximum Gasteiger partial charge on any atom is 0.251 e. The largest absolute Gasteiger partial charge is 0.490 e. The van der Waals surface area contributed by atoms with Crippen molar-refractivity contribution in [2.75, 3.05) is 64.8 Å². The number of benzene rings is 2. The molecule has 0 saturated carbocycles. The van der Waals surface area contributed by atoms with Gasteiger partial charge < -0.3 is 24.4 Å². The van der Waals surface area contributed by atoms with Crippen molar-refractivity contribution >= 4 is 15.9 Å². The minimum atomic E-state index is -3.48. The quantitative estimate of drug-likeness (QED) is 0.399. The van der Waals surface area contributed by atoms with Gasteiger partial charge in [-0.25, -0.2) is 8.42 Å². The van der Waals surface area contributed by atoms with Gasteiger partial charge in [-0.15, -0.1) is 0 Å². The second-order valence-corrected chi connectivity index (χ2v) is 10.7. The molecule has 1 aliphatic rings. The molecule has 0 unspecified atom stereocenters. The molecule has 9 nitrogen and oxygen atoms in total. The lowest BCUT2D eigenvalue weighted by Crippen LogP contribution is -2.50. The average Bonchev–Trinajstić information content (AvgIpc) is 2.90. The maximum absolute atomic E-state index is 12.9. The number of nitrogens with zero attached hydrogens (tertiary/aromatic N) is 2. The monoisotopic (exact) mass is 533 g/mol. The van der Waals surface area contributed by atoms with Gasteiger partial charge in [-0.2, -0.15) is 4.31 Å². The van der Waals surface area contributed by atoms with E-state index in [1.165, 1.54) is 9.87 Å². The Balaban J connectivity index is 1.52. The summed E-state index contributed by atoms with van der Waals surface area (Å²) in [4.78, 5) is 15.1. The summed E-state index contributed by atoms with van der Waals surface area (Å²) >= 11 is 0. The summed E-state index contributed by atoms with van der Waals surface area (Å²) in [6.07, 6.45) is 0.946. The first-order valence-corrected chi connectivity index (χ1v) is 14.6. The molecule has 1 amide bonds. The highest BCUT2D eigenvalue weighted by atomic mass is 32.2. The fraction of sp³-hybridized carbons (Fsp3) is 0.519. The van der Waals surface area contributed by atoms with E-state index in [9.17, 15) is 13.2 Å². The van der Waals surface area contributed by atoms with Crippen molar-refractivity contribution < 1.29 is 27.4 Å². The van der Waals surface area contributed by atoms with Crippen molar-refractivity contribution in [3.63, 3.8) is 0 Å². The van der Waals surface area contributed by atoms with Crippen molar-refractivity contribution in [2.24, 2.45) is 0 Å². The van der Waals surface area contributed by atoms with Gasteiger partial charge in [0, 0.05) is 44.8 Å². The molecule has 1 fully saturated rings. The van der Waals surface area contributed by atoms with E-state index < -0.39 is 15.9 Å². The van der Waals surface area contributed by atoms with Crippen LogP contribution in [0.25, 0.3) is 0 Å². The van der Waals surface area contributed by atoms with Gasteiger partial charge in [0.25, 0.3) is 5.91 Å². The van der Waals surface area contributed by atoms with Crippen LogP contribution in [0.4, 0.5) is 0 Å². The number of carbonyl (C=O) groups excluding carboxylic acids is 1. The standard InChI is InChI=1S/C27H39N3O6S/c1-4-34-24-20-23(21-25(35-5-2)26(24)36-6-3)27(31)28-13-19-37(32,33)30-17-15-29(16-18-30)14-12-22-10-8-7-9-11-22/h7-11,20-21H,4-6,12-19H2,1-3H3,(H,28,31). The second kappa shape index (κ2) is 14.2. The molecule has 2 aromatic carbocycles. The number of rotatable bonds is 14. The molecule has 0 aliphatic carbocycles. The Morgan fingerprint density at radius 3 is 2.05 bits per heavy atom. The lowest BCUT2D eigenvalue weighted by molar-refractivity contribution is 0.0955. The van der Waals surface area contributed by atoms with E-state index in [1.807, 2.05) is 39.0 Å². The van der Waals surface area contributed by atoms with Gasteiger partial charge in [0.05, 0.1) is 25.6 Å². The third-order valence-corrected chi connectivity index (χ3v) is 7.97. The Morgan fingerprint density at radius 2 is 1.49 bits per heavy atom. The summed E-state index contributed by atoms with van der Waals surface area (Å²) in [7, 11) is -3.48. The number of amides is 1. The van der Waals surface area contributed by atoms with E-state index in [4.69, 9.17) is 14.2 Å². The number of piperazine rings is 1. The smallest absolute Gasteiger partial charge is 0.251 e. The van der Waals surface area contributed by atoms with Crippen molar-refractivity contribution in [3.8, 4) is 17.2 Å². The molecule has 204 valence electrons. The van der Waals surface area contributed by atoms with Crippen LogP contribution in [-0.4, -0.2) is 88.4 Å². The Kier molecular flexibility index (Phi) is 11.0. The van der Waals surface area contributed by atoms with E-state index in [1.54, 1.807) is 12.1 Å². The van der Waals surface area contributed by atoms with Gasteiger partial charge in [0.15, 0.2) is 11.5 Å². The summed E-state index contributed by atoms with van der Waals surface area (Å²) < 4.78 is 44.3. The van der Waals surface area contributed by atoms with Crippen LogP contribution in [0.3, 0.4) is 0 Å². The SMILES string of the molecule is CCOc1cc(C(=O)NCCS(=O)(=O)N2CCN(CCc3ccccc3)CC2)cc(OCC)c1OCC. The summed E-state index contributed by atoms with van der Waals surface area (Å²) in [5, 5.41) is 2.72. The fourth-order valence-electron chi connectivity index (χ4n) is 4.21. The highest BCUT2D eigenvalue weighted by Crippen LogP contribution is 2.39. The number of ether oxygens (including phenoxy) is 3. The predicted octanol–water partition coefficient (Wildman–Crippen LogP) is 2.80. The minimum Gasteiger partial charge on any atom is -0.490 e. The molecule has 0 spiro atoms. The van der Waals surface area contributed by atoms with Crippen LogP contribution in [0, 0.1) is 0 Å². The van der Waals surface area contributed by atoms with Crippen LogP contribution in [0.5, 0.6) is 17.2 Å². The molecule has 1 N–H and O–H groups in total. The van der Waals surface area contributed by atoms with Gasteiger partial charge in [-0.05, 0) is 44.9 Å². The van der Waals surface area contributed by atoms with E-state index in [0.717, 1.165) is 13.0 Å². The Hall–Kier alpha value is -2.82. The normalized spacial score (nSPS) is 14.8. The summed E-state index contributed by atoms with van der Waals surface area (Å²) in [5.41, 5.74) is 1.60. The van der Waals surface area contributed by atoms with Crippen LogP contribution in [0.1, 0.15) is 36.7 Å². The first kappa shape index (κ1) is 28.7. The number of hydrogen-bond acceptors (Lipinski definition) is 7. The highest BCUT2D eigenvalue weighted by Gasteiger charge is 2.27. The van der Waals surface area contributed by atoms with Crippen molar-refractivity contribution in [2.45, 2.75) is 27.2 Å². The van der Waals surface area contributed by atoms with Gasteiger partial charge in [0.2, 0.25) is 15.8 Å². The second-order valence-electron chi connectivity index (χ2n) is 8.65. The van der Waals surface area contributed by atoms with Crippen LogP contribution < -0.4 is 19.5 Å². The number of nitrogens with one attached hydrogen (secondary N) is 1. The lowest BCUT2D eigenvalue weighted by atomic mass is 10.1. The van der Waals surface area contributed by atoms with Gasteiger partial charge in [0.1, 0.15) is 0 Å². The molecule has 0 radical (unpaired) electrons. The van der Waals surface area contributed by atoms with Crippen molar-refractivity contribution in [3.05, 3.63) is 53.6 Å². The summed E-state index contributed by atoms with van der Waals surface area (Å²) in [6, 6.07) is 13.5. The van der Waals surface area contributed by atoms with Crippen LogP contribution in [-0.2, 0) is 16.4 Å². The van der Waals surface area contributed by atoms with E-state index in [2.05, 4.69) is 22.3 Å². The zero-order chi connectivity index (χ0) is 26.7. The lowest BCUT2D eigenvalue weighted by Gasteiger charge is -2.34. The minimum absolute atomic E-state index is 0.0105. The molecular weight excluding hydrogens is 494 g/mol. The molecule has 1 saturated heterocycles. The van der Waals surface area contributed by atoms with Crippen LogP contribution >= 0.6 is 0 Å².